The number of aryl methyl sites for hydroxylation is 1. The van der Waals surface area contributed by atoms with Gasteiger partial charge in [0.1, 0.15) is 5.75 Å². The SMILES string of the molecule is CCOc1cc2n(c(=O)n1)CCc1cc(OSC(F)(F)F)ccc1-2. The summed E-state index contributed by atoms with van der Waals surface area (Å²) in [6.45, 7) is 2.56. The lowest BCUT2D eigenvalue weighted by Crippen LogP contribution is -2.28. The van der Waals surface area contributed by atoms with Gasteiger partial charge in [-0.15, -0.1) is 0 Å². The van der Waals surface area contributed by atoms with Crippen LogP contribution in [-0.4, -0.2) is 21.7 Å². The molecule has 5 nitrogen and oxygen atoms in total. The predicted molar refractivity (Wildman–Crippen MR) is 83.1 cm³/mol. The lowest BCUT2D eigenvalue weighted by atomic mass is 9.97. The van der Waals surface area contributed by atoms with Gasteiger partial charge in [0.25, 0.3) is 0 Å². The Hall–Kier alpha value is -2.16. The average Bonchev–Trinajstić information content (AvgIpc) is 2.52. The van der Waals surface area contributed by atoms with Gasteiger partial charge >= 0.3 is 11.2 Å². The number of hydrogen-bond acceptors (Lipinski definition) is 5. The van der Waals surface area contributed by atoms with E-state index in [0.29, 0.717) is 25.3 Å². The summed E-state index contributed by atoms with van der Waals surface area (Å²) in [7, 11) is 0. The Balaban J connectivity index is 1.95. The second kappa shape index (κ2) is 6.39. The van der Waals surface area contributed by atoms with E-state index in [9.17, 15) is 18.0 Å². The first kappa shape index (κ1) is 16.7. The molecular formula is C15H13F3N2O3S. The summed E-state index contributed by atoms with van der Waals surface area (Å²) in [5, 5.41) is 0. The van der Waals surface area contributed by atoms with Crippen molar-refractivity contribution >= 4 is 12.0 Å². The van der Waals surface area contributed by atoms with Crippen LogP contribution in [0, 0.1) is 0 Å². The Morgan fingerprint density at radius 2 is 2.12 bits per heavy atom. The molecule has 2 heterocycles. The van der Waals surface area contributed by atoms with Crippen LogP contribution < -0.4 is 14.6 Å². The molecule has 128 valence electrons. The molecule has 2 aromatic rings. The van der Waals surface area contributed by atoms with Crippen molar-refractivity contribution in [2.75, 3.05) is 6.61 Å². The lowest BCUT2D eigenvalue weighted by molar-refractivity contribution is -0.0369. The van der Waals surface area contributed by atoms with Crippen LogP contribution in [0.5, 0.6) is 11.6 Å². The second-order valence-corrected chi connectivity index (χ2v) is 5.82. The van der Waals surface area contributed by atoms with Crippen molar-refractivity contribution in [1.82, 2.24) is 9.55 Å². The van der Waals surface area contributed by atoms with E-state index in [1.165, 1.54) is 10.6 Å². The van der Waals surface area contributed by atoms with Gasteiger partial charge in [-0.25, -0.2) is 4.79 Å². The minimum absolute atomic E-state index is 0.117. The summed E-state index contributed by atoms with van der Waals surface area (Å²) in [6.07, 6.45) is 0.506. The van der Waals surface area contributed by atoms with Gasteiger partial charge in [0.2, 0.25) is 5.88 Å². The van der Waals surface area contributed by atoms with Crippen molar-refractivity contribution in [3.8, 4) is 22.9 Å². The number of rotatable bonds is 4. The first-order valence-electron chi connectivity index (χ1n) is 7.18. The molecule has 1 aliphatic rings. The molecule has 1 aromatic carbocycles. The maximum atomic E-state index is 12.2. The molecule has 0 fully saturated rings. The third-order valence-corrected chi connectivity index (χ3v) is 3.93. The van der Waals surface area contributed by atoms with Gasteiger partial charge in [-0.1, -0.05) is 0 Å². The number of halogens is 3. The molecule has 0 amide bonds. The van der Waals surface area contributed by atoms with Crippen molar-refractivity contribution < 1.29 is 22.1 Å². The van der Waals surface area contributed by atoms with Gasteiger partial charge in [-0.3, -0.25) is 4.57 Å². The van der Waals surface area contributed by atoms with Crippen LogP contribution in [0.15, 0.2) is 29.1 Å². The summed E-state index contributed by atoms with van der Waals surface area (Å²) in [6, 6.07) is 6.30. The van der Waals surface area contributed by atoms with E-state index in [-0.39, 0.29) is 11.6 Å². The molecule has 1 aliphatic heterocycles. The van der Waals surface area contributed by atoms with Gasteiger partial charge in [-0.05, 0) is 37.1 Å². The number of aromatic nitrogens is 2. The molecule has 9 heteroatoms. The average molecular weight is 358 g/mol. The molecule has 0 aliphatic carbocycles. The molecule has 0 saturated carbocycles. The zero-order valence-corrected chi connectivity index (χ0v) is 13.4. The van der Waals surface area contributed by atoms with Crippen molar-refractivity contribution in [2.45, 2.75) is 25.4 Å². The van der Waals surface area contributed by atoms with Gasteiger partial charge in [-0.2, -0.15) is 18.2 Å². The van der Waals surface area contributed by atoms with Crippen LogP contribution in [0.2, 0.25) is 0 Å². The van der Waals surface area contributed by atoms with Gasteiger partial charge < -0.3 is 8.92 Å². The van der Waals surface area contributed by atoms with E-state index >= 15 is 0 Å². The topological polar surface area (TPSA) is 53.4 Å². The second-order valence-electron chi connectivity index (χ2n) is 5.03. The van der Waals surface area contributed by atoms with E-state index in [0.717, 1.165) is 11.1 Å². The van der Waals surface area contributed by atoms with Crippen molar-refractivity contribution in [3.63, 3.8) is 0 Å². The number of alkyl halides is 3. The summed E-state index contributed by atoms with van der Waals surface area (Å²) in [4.78, 5) is 15.9. The number of ether oxygens (including phenoxy) is 1. The molecule has 0 spiro atoms. The van der Waals surface area contributed by atoms with Gasteiger partial charge in [0.15, 0.2) is 12.0 Å². The third-order valence-electron chi connectivity index (χ3n) is 3.47. The zero-order valence-electron chi connectivity index (χ0n) is 12.6. The Morgan fingerprint density at radius 1 is 1.33 bits per heavy atom. The summed E-state index contributed by atoms with van der Waals surface area (Å²) >= 11 is -0.551. The van der Waals surface area contributed by atoms with Crippen LogP contribution in [0.3, 0.4) is 0 Å². The molecule has 24 heavy (non-hydrogen) atoms. The van der Waals surface area contributed by atoms with Crippen LogP contribution >= 0.6 is 12.0 Å². The smallest absolute Gasteiger partial charge is 0.478 e. The van der Waals surface area contributed by atoms with Crippen molar-refractivity contribution in [1.29, 1.82) is 0 Å². The van der Waals surface area contributed by atoms with E-state index in [4.69, 9.17) is 8.92 Å². The van der Waals surface area contributed by atoms with E-state index in [2.05, 4.69) is 4.98 Å². The molecule has 0 radical (unpaired) electrons. The fraction of sp³-hybridized carbons (Fsp3) is 0.333. The minimum atomic E-state index is -4.46. The Labute approximate surface area is 139 Å². The van der Waals surface area contributed by atoms with Gasteiger partial charge in [0.05, 0.1) is 12.3 Å². The molecule has 3 rings (SSSR count). The van der Waals surface area contributed by atoms with Crippen LogP contribution in [0.4, 0.5) is 13.2 Å². The molecule has 1 aromatic heterocycles. The lowest BCUT2D eigenvalue weighted by Gasteiger charge is -2.22. The fourth-order valence-electron chi connectivity index (χ4n) is 2.55. The van der Waals surface area contributed by atoms with Crippen LogP contribution in [-0.2, 0) is 13.0 Å². The number of benzene rings is 1. The fourth-order valence-corrected chi connectivity index (χ4v) is 2.85. The quantitative estimate of drug-likeness (QED) is 0.784. The Bertz CT molecular complexity index is 821. The maximum absolute atomic E-state index is 12.2. The number of nitrogens with zero attached hydrogens (tertiary/aromatic N) is 2. The van der Waals surface area contributed by atoms with E-state index in [1.54, 1.807) is 25.1 Å². The van der Waals surface area contributed by atoms with E-state index < -0.39 is 23.2 Å². The monoisotopic (exact) mass is 358 g/mol. The Kier molecular flexibility index (Phi) is 4.44. The van der Waals surface area contributed by atoms with Crippen LogP contribution in [0.1, 0.15) is 12.5 Å². The predicted octanol–water partition coefficient (Wildman–Crippen LogP) is 3.41. The third kappa shape index (κ3) is 3.50. The standard InChI is InChI=1S/C15H13F3N2O3S/c1-2-22-13-8-12-11-4-3-10(23-24-15(16,17)18)7-9(11)5-6-20(12)14(21)19-13/h3-4,7-8H,2,5-6H2,1H3. The van der Waals surface area contributed by atoms with E-state index in [1.807, 2.05) is 0 Å². The highest BCUT2D eigenvalue weighted by molar-refractivity contribution is 7.95. The summed E-state index contributed by atoms with van der Waals surface area (Å²) < 4.78 is 48.2. The van der Waals surface area contributed by atoms with Crippen molar-refractivity contribution in [3.05, 3.63) is 40.3 Å². The van der Waals surface area contributed by atoms with Gasteiger partial charge in [0, 0.05) is 18.2 Å². The number of fused-ring (bicyclic) bond motifs is 3. The first-order chi connectivity index (χ1) is 11.4. The Morgan fingerprint density at radius 3 is 2.83 bits per heavy atom. The van der Waals surface area contributed by atoms with Crippen LogP contribution in [0.25, 0.3) is 11.3 Å². The maximum Gasteiger partial charge on any atom is 0.479 e. The highest BCUT2D eigenvalue weighted by atomic mass is 32.2. The molecule has 0 bridgehead atoms. The summed E-state index contributed by atoms with van der Waals surface area (Å²) in [5.74, 6) is 0.348. The summed E-state index contributed by atoms with van der Waals surface area (Å²) in [5.41, 5.74) is -2.67. The molecule has 0 N–H and O–H groups in total. The molecule has 0 atom stereocenters. The number of hydrogen-bond donors (Lipinski definition) is 0. The van der Waals surface area contributed by atoms with Crippen molar-refractivity contribution in [2.24, 2.45) is 0 Å². The highest BCUT2D eigenvalue weighted by Crippen LogP contribution is 2.36. The highest BCUT2D eigenvalue weighted by Gasteiger charge is 2.31. The molecule has 0 unspecified atom stereocenters. The molecular weight excluding hydrogens is 345 g/mol. The zero-order chi connectivity index (χ0) is 17.3. The largest absolute Gasteiger partial charge is 0.479 e. The first-order valence-corrected chi connectivity index (χ1v) is 7.92. The normalized spacial score (nSPS) is 13.2. The minimum Gasteiger partial charge on any atom is -0.478 e. The molecule has 0 saturated heterocycles.